The molecular formula is C17H19N3O6. The lowest BCUT2D eigenvalue weighted by Gasteiger charge is -2.29. The number of nitrogens with zero attached hydrogens (tertiary/aromatic N) is 2. The molecule has 2 aromatic rings. The molecule has 1 aliphatic rings. The number of nitrogens with one attached hydrogen (secondary N) is 1. The molecule has 9 heteroatoms. The first-order valence-corrected chi connectivity index (χ1v) is 7.98. The van der Waals surface area contributed by atoms with E-state index in [-0.39, 0.29) is 5.82 Å². The Morgan fingerprint density at radius 2 is 2.00 bits per heavy atom. The summed E-state index contributed by atoms with van der Waals surface area (Å²) in [5, 5.41) is 31.9. The number of hydrogen-bond donors (Lipinski definition) is 4. The zero-order valence-corrected chi connectivity index (χ0v) is 13.9. The van der Waals surface area contributed by atoms with E-state index < -0.39 is 42.2 Å². The molecule has 26 heavy (non-hydrogen) atoms. The molecule has 0 saturated carbocycles. The molecule has 1 aromatic heterocycles. The van der Waals surface area contributed by atoms with Gasteiger partial charge in [-0.05, 0) is 25.1 Å². The van der Waals surface area contributed by atoms with Crippen LogP contribution in [0.15, 0.2) is 47.4 Å². The predicted octanol–water partition coefficient (Wildman–Crippen LogP) is -0.719. The number of amides is 1. The second-order valence-corrected chi connectivity index (χ2v) is 6.11. The molecule has 3 rings (SSSR count). The molecule has 138 valence electrons. The van der Waals surface area contributed by atoms with Gasteiger partial charge in [-0.1, -0.05) is 18.2 Å². The number of aliphatic hydroxyl groups is 3. The average molecular weight is 361 g/mol. The second-order valence-electron chi connectivity index (χ2n) is 6.11. The minimum absolute atomic E-state index is 0.0375. The van der Waals surface area contributed by atoms with Crippen molar-refractivity contribution in [2.45, 2.75) is 31.0 Å². The molecule has 1 fully saturated rings. The molecule has 1 saturated heterocycles. The molecular weight excluding hydrogens is 342 g/mol. The van der Waals surface area contributed by atoms with Crippen molar-refractivity contribution in [1.29, 1.82) is 0 Å². The van der Waals surface area contributed by atoms with Crippen molar-refractivity contribution in [2.75, 3.05) is 11.9 Å². The first-order valence-electron chi connectivity index (χ1n) is 7.98. The van der Waals surface area contributed by atoms with Crippen LogP contribution in [-0.4, -0.2) is 55.7 Å². The van der Waals surface area contributed by atoms with Crippen LogP contribution in [-0.2, 0) is 10.5 Å². The molecule has 9 nitrogen and oxygen atoms in total. The Morgan fingerprint density at radius 3 is 2.58 bits per heavy atom. The molecule has 2 heterocycles. The van der Waals surface area contributed by atoms with Crippen LogP contribution in [0, 0.1) is 0 Å². The molecule has 0 spiro atoms. The summed E-state index contributed by atoms with van der Waals surface area (Å²) < 4.78 is 6.47. The smallest absolute Gasteiger partial charge is 0.351 e. The Labute approximate surface area is 148 Å². The summed E-state index contributed by atoms with van der Waals surface area (Å²) in [4.78, 5) is 28.3. The van der Waals surface area contributed by atoms with Crippen LogP contribution in [0.3, 0.4) is 0 Å². The number of carbonyl (C=O) groups excluding carboxylic acids is 1. The normalized spacial score (nSPS) is 28.1. The molecule has 4 atom stereocenters. The number of carbonyl (C=O) groups is 1. The van der Waals surface area contributed by atoms with E-state index in [1.807, 2.05) is 0 Å². The zero-order chi connectivity index (χ0) is 18.9. The number of aliphatic hydroxyl groups excluding tert-OH is 3. The van der Waals surface area contributed by atoms with Gasteiger partial charge in [0.25, 0.3) is 5.91 Å². The maximum atomic E-state index is 12.4. The average Bonchev–Trinajstić information content (AvgIpc) is 2.87. The first-order chi connectivity index (χ1) is 12.4. The molecule has 0 bridgehead atoms. The zero-order valence-electron chi connectivity index (χ0n) is 13.9. The van der Waals surface area contributed by atoms with E-state index in [0.29, 0.717) is 5.56 Å². The highest BCUT2D eigenvalue weighted by Crippen LogP contribution is 2.34. The van der Waals surface area contributed by atoms with E-state index in [0.717, 1.165) is 4.57 Å². The van der Waals surface area contributed by atoms with Gasteiger partial charge in [-0.3, -0.25) is 9.36 Å². The fourth-order valence-corrected chi connectivity index (χ4v) is 2.90. The number of anilines is 1. The van der Waals surface area contributed by atoms with Gasteiger partial charge in [0.05, 0.1) is 6.61 Å². The lowest BCUT2D eigenvalue weighted by molar-refractivity contribution is -0.137. The van der Waals surface area contributed by atoms with Crippen molar-refractivity contribution < 1.29 is 24.9 Å². The van der Waals surface area contributed by atoms with Crippen molar-refractivity contribution in [3.05, 3.63) is 58.6 Å². The van der Waals surface area contributed by atoms with Gasteiger partial charge in [0.15, 0.2) is 5.72 Å². The van der Waals surface area contributed by atoms with Crippen LogP contribution < -0.4 is 11.0 Å². The Balaban J connectivity index is 1.84. The van der Waals surface area contributed by atoms with Crippen molar-refractivity contribution >= 4 is 11.7 Å². The van der Waals surface area contributed by atoms with Gasteiger partial charge < -0.3 is 25.4 Å². The van der Waals surface area contributed by atoms with E-state index in [1.165, 1.54) is 19.2 Å². The van der Waals surface area contributed by atoms with Gasteiger partial charge in [-0.15, -0.1) is 0 Å². The maximum Gasteiger partial charge on any atom is 0.351 e. The predicted molar refractivity (Wildman–Crippen MR) is 90.5 cm³/mol. The van der Waals surface area contributed by atoms with E-state index >= 15 is 0 Å². The Hall–Kier alpha value is -2.59. The third kappa shape index (κ3) is 3.13. The summed E-state index contributed by atoms with van der Waals surface area (Å²) in [6.45, 7) is 0.892. The van der Waals surface area contributed by atoms with Gasteiger partial charge in [-0.25, -0.2) is 4.79 Å². The topological polar surface area (TPSA) is 134 Å². The van der Waals surface area contributed by atoms with Crippen molar-refractivity contribution in [2.24, 2.45) is 0 Å². The van der Waals surface area contributed by atoms with E-state index in [9.17, 15) is 24.9 Å². The number of rotatable bonds is 4. The molecule has 0 unspecified atom stereocenters. The van der Waals surface area contributed by atoms with Crippen molar-refractivity contribution in [3.8, 4) is 0 Å². The summed E-state index contributed by atoms with van der Waals surface area (Å²) in [6, 6.07) is 9.82. The third-order valence-electron chi connectivity index (χ3n) is 4.38. The van der Waals surface area contributed by atoms with Crippen LogP contribution in [0.2, 0.25) is 0 Å². The summed E-state index contributed by atoms with van der Waals surface area (Å²) in [6.07, 6.45) is -2.52. The molecule has 0 aliphatic carbocycles. The van der Waals surface area contributed by atoms with Crippen molar-refractivity contribution in [1.82, 2.24) is 9.55 Å². The fraction of sp³-hybridized carbons (Fsp3) is 0.353. The van der Waals surface area contributed by atoms with Gasteiger partial charge >= 0.3 is 5.69 Å². The minimum Gasteiger partial charge on any atom is -0.394 e. The Kier molecular flexibility index (Phi) is 4.88. The van der Waals surface area contributed by atoms with Gasteiger partial charge in [0.2, 0.25) is 0 Å². The Morgan fingerprint density at radius 1 is 1.31 bits per heavy atom. The van der Waals surface area contributed by atoms with E-state index in [4.69, 9.17) is 4.74 Å². The summed E-state index contributed by atoms with van der Waals surface area (Å²) in [5.41, 5.74) is -1.98. The SMILES string of the molecule is C[C@@]1(n2ccc(NC(=O)c3ccccc3)nc2=O)O[C@H](CO)[C@@H](O)[C@H]1O. The molecule has 1 amide bonds. The molecule has 0 radical (unpaired) electrons. The van der Waals surface area contributed by atoms with Crippen LogP contribution in [0.1, 0.15) is 17.3 Å². The lowest BCUT2D eigenvalue weighted by atomic mass is 10.0. The van der Waals surface area contributed by atoms with E-state index in [2.05, 4.69) is 10.3 Å². The van der Waals surface area contributed by atoms with Gasteiger partial charge in [0.1, 0.15) is 24.1 Å². The highest BCUT2D eigenvalue weighted by Gasteiger charge is 2.52. The summed E-state index contributed by atoms with van der Waals surface area (Å²) >= 11 is 0. The fourth-order valence-electron chi connectivity index (χ4n) is 2.90. The highest BCUT2D eigenvalue weighted by molar-refractivity contribution is 6.03. The first kappa shape index (κ1) is 18.2. The maximum absolute atomic E-state index is 12.4. The molecule has 1 aromatic carbocycles. The largest absolute Gasteiger partial charge is 0.394 e. The van der Waals surface area contributed by atoms with Gasteiger partial charge in [0, 0.05) is 11.8 Å². The number of aromatic nitrogens is 2. The monoisotopic (exact) mass is 361 g/mol. The van der Waals surface area contributed by atoms with Crippen LogP contribution in [0.5, 0.6) is 0 Å². The number of benzene rings is 1. The van der Waals surface area contributed by atoms with E-state index in [1.54, 1.807) is 30.3 Å². The van der Waals surface area contributed by atoms with Gasteiger partial charge in [-0.2, -0.15) is 4.98 Å². The molecule has 4 N–H and O–H groups in total. The number of ether oxygens (including phenoxy) is 1. The summed E-state index contributed by atoms with van der Waals surface area (Å²) in [5.74, 6) is -0.384. The third-order valence-corrected chi connectivity index (χ3v) is 4.38. The quantitative estimate of drug-likeness (QED) is 0.565. The number of hydrogen-bond acceptors (Lipinski definition) is 7. The molecule has 1 aliphatic heterocycles. The minimum atomic E-state index is -1.60. The van der Waals surface area contributed by atoms with Crippen LogP contribution >= 0.6 is 0 Å². The Bertz CT molecular complexity index is 855. The van der Waals surface area contributed by atoms with Crippen molar-refractivity contribution in [3.63, 3.8) is 0 Å². The summed E-state index contributed by atoms with van der Waals surface area (Å²) in [7, 11) is 0. The lowest BCUT2D eigenvalue weighted by Crippen LogP contribution is -2.48. The van der Waals surface area contributed by atoms with Crippen LogP contribution in [0.25, 0.3) is 0 Å². The highest BCUT2D eigenvalue weighted by atomic mass is 16.6. The standard InChI is InChI=1S/C17H19N3O6/c1-17(14(23)13(22)11(9-21)26-17)20-8-7-12(19-16(20)25)18-15(24)10-5-3-2-4-6-10/h2-8,11,13-14,21-23H,9H2,1H3,(H,18,19,24,25)/t11-,13-,14-,17-/m1/s1. The van der Waals surface area contributed by atoms with Crippen LogP contribution in [0.4, 0.5) is 5.82 Å². The second kappa shape index (κ2) is 6.96.